The molecule has 0 spiro atoms. The Hall–Kier alpha value is -3.08. The van der Waals surface area contributed by atoms with Crippen molar-refractivity contribution in [1.29, 1.82) is 0 Å². The van der Waals surface area contributed by atoms with E-state index in [4.69, 9.17) is 10.2 Å². The molecule has 0 aliphatic carbocycles. The number of hydrogen-bond acceptors (Lipinski definition) is 4. The Kier molecular flexibility index (Phi) is 3.12. The lowest BCUT2D eigenvalue weighted by atomic mass is 10.1. The first kappa shape index (κ1) is 13.6. The Balaban J connectivity index is 1.66. The van der Waals surface area contributed by atoms with Gasteiger partial charge in [-0.3, -0.25) is 0 Å². The molecule has 23 heavy (non-hydrogen) atoms. The number of nitrogen functional groups attached to an aromatic ring is 1. The second-order valence-electron chi connectivity index (χ2n) is 5.41. The number of nitrogens with one attached hydrogen (secondary N) is 1. The van der Waals surface area contributed by atoms with Crippen LogP contribution in [0.25, 0.3) is 21.7 Å². The van der Waals surface area contributed by atoms with E-state index in [-0.39, 0.29) is 5.82 Å². The molecule has 0 bridgehead atoms. The van der Waals surface area contributed by atoms with Gasteiger partial charge in [0.2, 0.25) is 0 Å². The molecule has 114 valence electrons. The standard InChI is InChI=1S/C18H14FN3O/c19-16-10-22-18(14-3-2-13(20)8-15(14)16)21-9-11-1-4-17-12(7-11)5-6-23-17/h1-8,10H,9,20H2,(H,21,22). The van der Waals surface area contributed by atoms with Gasteiger partial charge >= 0.3 is 0 Å². The number of fused-ring (bicyclic) bond motifs is 2. The maximum atomic E-state index is 13.9. The van der Waals surface area contributed by atoms with Crippen LogP contribution in [-0.2, 0) is 6.54 Å². The fourth-order valence-electron chi connectivity index (χ4n) is 2.68. The summed E-state index contributed by atoms with van der Waals surface area (Å²) >= 11 is 0. The Labute approximate surface area is 131 Å². The molecular weight excluding hydrogens is 293 g/mol. The van der Waals surface area contributed by atoms with E-state index in [9.17, 15) is 4.39 Å². The minimum atomic E-state index is -0.377. The number of aromatic nitrogens is 1. The number of rotatable bonds is 3. The molecule has 0 unspecified atom stereocenters. The SMILES string of the molecule is Nc1ccc2c(NCc3ccc4occc4c3)ncc(F)c2c1. The van der Waals surface area contributed by atoms with Crippen LogP contribution in [0.1, 0.15) is 5.56 Å². The summed E-state index contributed by atoms with van der Waals surface area (Å²) in [6, 6.07) is 13.0. The van der Waals surface area contributed by atoms with Crippen LogP contribution in [0.2, 0.25) is 0 Å². The van der Waals surface area contributed by atoms with Crippen molar-refractivity contribution in [3.63, 3.8) is 0 Å². The van der Waals surface area contributed by atoms with Gasteiger partial charge in [-0.05, 0) is 42.0 Å². The van der Waals surface area contributed by atoms with Crippen molar-refractivity contribution in [2.75, 3.05) is 11.1 Å². The maximum absolute atomic E-state index is 13.9. The second kappa shape index (κ2) is 5.28. The largest absolute Gasteiger partial charge is 0.464 e. The van der Waals surface area contributed by atoms with Crippen molar-refractivity contribution < 1.29 is 8.81 Å². The van der Waals surface area contributed by atoms with Gasteiger partial charge in [0, 0.05) is 28.4 Å². The van der Waals surface area contributed by atoms with E-state index in [0.29, 0.717) is 28.8 Å². The fourth-order valence-corrected chi connectivity index (χ4v) is 2.68. The summed E-state index contributed by atoms with van der Waals surface area (Å²) in [5, 5.41) is 5.49. The molecule has 3 N–H and O–H groups in total. The number of hydrogen-bond donors (Lipinski definition) is 2. The average molecular weight is 307 g/mol. The maximum Gasteiger partial charge on any atom is 0.149 e. The minimum Gasteiger partial charge on any atom is -0.464 e. The normalized spacial score (nSPS) is 11.2. The first-order valence-corrected chi connectivity index (χ1v) is 7.24. The lowest BCUT2D eigenvalue weighted by Gasteiger charge is -2.10. The predicted octanol–water partition coefficient (Wildman–Crippen LogP) is 4.31. The Morgan fingerprint density at radius 1 is 1.09 bits per heavy atom. The number of pyridine rings is 1. The molecule has 0 amide bonds. The third kappa shape index (κ3) is 2.46. The van der Waals surface area contributed by atoms with Gasteiger partial charge in [0.15, 0.2) is 0 Å². The van der Waals surface area contributed by atoms with Crippen molar-refractivity contribution in [3.8, 4) is 0 Å². The second-order valence-corrected chi connectivity index (χ2v) is 5.41. The lowest BCUT2D eigenvalue weighted by molar-refractivity contribution is 0.616. The van der Waals surface area contributed by atoms with Crippen molar-refractivity contribution in [3.05, 3.63) is 66.3 Å². The molecule has 2 aromatic carbocycles. The van der Waals surface area contributed by atoms with E-state index in [0.717, 1.165) is 16.5 Å². The van der Waals surface area contributed by atoms with E-state index in [1.807, 2.05) is 18.2 Å². The zero-order valence-electron chi connectivity index (χ0n) is 12.2. The van der Waals surface area contributed by atoms with Crippen LogP contribution in [0, 0.1) is 5.82 Å². The van der Waals surface area contributed by atoms with Crippen LogP contribution in [-0.4, -0.2) is 4.98 Å². The first-order valence-electron chi connectivity index (χ1n) is 7.24. The van der Waals surface area contributed by atoms with Crippen molar-refractivity contribution in [1.82, 2.24) is 4.98 Å². The third-order valence-corrected chi connectivity index (χ3v) is 3.84. The number of nitrogens with zero attached hydrogens (tertiary/aromatic N) is 1. The summed E-state index contributed by atoms with van der Waals surface area (Å²) in [6.07, 6.45) is 2.88. The number of furan rings is 1. The number of halogens is 1. The first-order chi connectivity index (χ1) is 11.2. The van der Waals surface area contributed by atoms with Crippen molar-refractivity contribution in [2.24, 2.45) is 0 Å². The molecule has 0 fully saturated rings. The fraction of sp³-hybridized carbons (Fsp3) is 0.0556. The van der Waals surface area contributed by atoms with Crippen LogP contribution >= 0.6 is 0 Å². The Morgan fingerprint density at radius 3 is 2.91 bits per heavy atom. The van der Waals surface area contributed by atoms with Gasteiger partial charge in [-0.1, -0.05) is 6.07 Å². The molecule has 5 heteroatoms. The molecule has 0 aliphatic rings. The quantitative estimate of drug-likeness (QED) is 0.553. The predicted molar refractivity (Wildman–Crippen MR) is 89.7 cm³/mol. The molecule has 4 aromatic rings. The average Bonchev–Trinajstić information content (AvgIpc) is 3.02. The molecule has 0 saturated heterocycles. The van der Waals surface area contributed by atoms with Crippen molar-refractivity contribution >= 4 is 33.2 Å². The van der Waals surface area contributed by atoms with E-state index in [1.54, 1.807) is 24.5 Å². The van der Waals surface area contributed by atoms with E-state index in [2.05, 4.69) is 16.4 Å². The highest BCUT2D eigenvalue weighted by molar-refractivity contribution is 5.94. The number of benzene rings is 2. The summed E-state index contributed by atoms with van der Waals surface area (Å²) in [5.41, 5.74) is 8.21. The Morgan fingerprint density at radius 2 is 2.00 bits per heavy atom. The molecule has 0 radical (unpaired) electrons. The smallest absolute Gasteiger partial charge is 0.149 e. The highest BCUT2D eigenvalue weighted by atomic mass is 19.1. The molecule has 4 rings (SSSR count). The van der Waals surface area contributed by atoms with E-state index >= 15 is 0 Å². The molecule has 0 atom stereocenters. The van der Waals surface area contributed by atoms with Gasteiger partial charge in [-0.2, -0.15) is 0 Å². The van der Waals surface area contributed by atoms with Gasteiger partial charge in [0.1, 0.15) is 17.2 Å². The molecule has 2 aromatic heterocycles. The van der Waals surface area contributed by atoms with Crippen LogP contribution in [0.3, 0.4) is 0 Å². The zero-order chi connectivity index (χ0) is 15.8. The van der Waals surface area contributed by atoms with Crippen molar-refractivity contribution in [2.45, 2.75) is 6.54 Å². The van der Waals surface area contributed by atoms with Crippen LogP contribution in [0.4, 0.5) is 15.9 Å². The molecule has 4 nitrogen and oxygen atoms in total. The van der Waals surface area contributed by atoms with Crippen LogP contribution < -0.4 is 11.1 Å². The number of nitrogens with two attached hydrogens (primary N) is 1. The Bertz CT molecular complexity index is 1010. The van der Waals surface area contributed by atoms with Gasteiger partial charge < -0.3 is 15.5 Å². The summed E-state index contributed by atoms with van der Waals surface area (Å²) in [5.74, 6) is 0.256. The van der Waals surface area contributed by atoms with E-state index in [1.165, 1.54) is 6.20 Å². The van der Waals surface area contributed by atoms with Crippen LogP contribution in [0.5, 0.6) is 0 Å². The molecule has 0 saturated carbocycles. The van der Waals surface area contributed by atoms with E-state index < -0.39 is 0 Å². The third-order valence-electron chi connectivity index (χ3n) is 3.84. The van der Waals surface area contributed by atoms with Crippen LogP contribution in [0.15, 0.2) is 59.3 Å². The van der Waals surface area contributed by atoms with Gasteiger partial charge in [0.25, 0.3) is 0 Å². The highest BCUT2D eigenvalue weighted by Crippen LogP contribution is 2.26. The summed E-state index contributed by atoms with van der Waals surface area (Å²) in [4.78, 5) is 4.16. The summed E-state index contributed by atoms with van der Waals surface area (Å²) in [7, 11) is 0. The van der Waals surface area contributed by atoms with Gasteiger partial charge in [0.05, 0.1) is 12.5 Å². The molecular formula is C18H14FN3O. The van der Waals surface area contributed by atoms with Gasteiger partial charge in [-0.25, -0.2) is 9.37 Å². The summed E-state index contributed by atoms with van der Waals surface area (Å²) in [6.45, 7) is 0.583. The summed E-state index contributed by atoms with van der Waals surface area (Å²) < 4.78 is 19.2. The lowest BCUT2D eigenvalue weighted by Crippen LogP contribution is -2.03. The monoisotopic (exact) mass is 307 g/mol. The minimum absolute atomic E-state index is 0.377. The van der Waals surface area contributed by atoms with Gasteiger partial charge in [-0.15, -0.1) is 0 Å². The topological polar surface area (TPSA) is 64.1 Å². The molecule has 0 aliphatic heterocycles. The zero-order valence-corrected chi connectivity index (χ0v) is 12.2. The highest BCUT2D eigenvalue weighted by Gasteiger charge is 2.08. The molecule has 2 heterocycles. The number of anilines is 2.